The second-order valence-corrected chi connectivity index (χ2v) is 6.13. The van der Waals surface area contributed by atoms with Gasteiger partial charge in [-0.1, -0.05) is 23.7 Å². The SMILES string of the molecule is COc1ccc(C2(CNC(=O)c3ccc(Cl)cc3)CC2)cc1. The molecule has 1 saturated carbocycles. The molecule has 0 aliphatic heterocycles. The van der Waals surface area contributed by atoms with Crippen LogP contribution in [0.25, 0.3) is 0 Å². The predicted octanol–water partition coefficient (Wildman–Crippen LogP) is 3.81. The average molecular weight is 316 g/mol. The molecule has 1 fully saturated rings. The number of ether oxygens (including phenoxy) is 1. The van der Waals surface area contributed by atoms with Gasteiger partial charge < -0.3 is 10.1 Å². The van der Waals surface area contributed by atoms with E-state index in [9.17, 15) is 4.79 Å². The van der Waals surface area contributed by atoms with Crippen LogP contribution in [-0.4, -0.2) is 19.6 Å². The van der Waals surface area contributed by atoms with E-state index in [-0.39, 0.29) is 11.3 Å². The first-order chi connectivity index (χ1) is 10.6. The number of benzene rings is 2. The van der Waals surface area contributed by atoms with Gasteiger partial charge in [-0.2, -0.15) is 0 Å². The first kappa shape index (κ1) is 14.9. The molecule has 0 radical (unpaired) electrons. The molecule has 1 amide bonds. The third-order valence-corrected chi connectivity index (χ3v) is 4.50. The minimum atomic E-state index is -0.0588. The van der Waals surface area contributed by atoms with Crippen molar-refractivity contribution in [3.05, 3.63) is 64.7 Å². The predicted molar refractivity (Wildman–Crippen MR) is 87.7 cm³/mol. The van der Waals surface area contributed by atoms with Crippen molar-refractivity contribution < 1.29 is 9.53 Å². The highest BCUT2D eigenvalue weighted by Gasteiger charge is 2.44. The third kappa shape index (κ3) is 3.09. The van der Waals surface area contributed by atoms with Gasteiger partial charge in [-0.25, -0.2) is 0 Å². The van der Waals surface area contributed by atoms with Gasteiger partial charge >= 0.3 is 0 Å². The number of halogens is 1. The smallest absolute Gasteiger partial charge is 0.251 e. The fraction of sp³-hybridized carbons (Fsp3) is 0.278. The van der Waals surface area contributed by atoms with Gasteiger partial charge in [-0.15, -0.1) is 0 Å². The normalized spacial score (nSPS) is 15.2. The Morgan fingerprint density at radius 3 is 2.32 bits per heavy atom. The Balaban J connectivity index is 1.65. The van der Waals surface area contributed by atoms with Crippen LogP contribution in [-0.2, 0) is 5.41 Å². The Labute approximate surface area is 135 Å². The van der Waals surface area contributed by atoms with Crippen LogP contribution in [0.1, 0.15) is 28.8 Å². The van der Waals surface area contributed by atoms with E-state index in [0.29, 0.717) is 17.1 Å². The maximum atomic E-state index is 12.2. The molecule has 0 spiro atoms. The lowest BCUT2D eigenvalue weighted by Crippen LogP contribution is -2.32. The molecule has 0 atom stereocenters. The quantitative estimate of drug-likeness (QED) is 0.911. The lowest BCUT2D eigenvalue weighted by molar-refractivity contribution is 0.0949. The second-order valence-electron chi connectivity index (χ2n) is 5.70. The molecule has 1 aliphatic rings. The Morgan fingerprint density at radius 1 is 1.14 bits per heavy atom. The summed E-state index contributed by atoms with van der Waals surface area (Å²) in [5.41, 5.74) is 1.97. The topological polar surface area (TPSA) is 38.3 Å². The van der Waals surface area contributed by atoms with Gasteiger partial charge in [0.2, 0.25) is 0 Å². The van der Waals surface area contributed by atoms with Crippen molar-refractivity contribution in [1.29, 1.82) is 0 Å². The summed E-state index contributed by atoms with van der Waals surface area (Å²) >= 11 is 5.84. The van der Waals surface area contributed by atoms with E-state index in [4.69, 9.17) is 16.3 Å². The number of nitrogens with one attached hydrogen (secondary N) is 1. The molecule has 1 aliphatic carbocycles. The van der Waals surface area contributed by atoms with Crippen LogP contribution in [0.3, 0.4) is 0 Å². The van der Waals surface area contributed by atoms with Crippen molar-refractivity contribution >= 4 is 17.5 Å². The van der Waals surface area contributed by atoms with Crippen molar-refractivity contribution in [1.82, 2.24) is 5.32 Å². The number of rotatable bonds is 5. The van der Waals surface area contributed by atoms with Crippen LogP contribution in [0.15, 0.2) is 48.5 Å². The van der Waals surface area contributed by atoms with E-state index in [2.05, 4.69) is 17.4 Å². The highest BCUT2D eigenvalue weighted by molar-refractivity contribution is 6.30. The third-order valence-electron chi connectivity index (χ3n) is 4.25. The van der Waals surface area contributed by atoms with E-state index >= 15 is 0 Å². The first-order valence-electron chi connectivity index (χ1n) is 7.31. The van der Waals surface area contributed by atoms with Crippen molar-refractivity contribution in [2.24, 2.45) is 0 Å². The summed E-state index contributed by atoms with van der Waals surface area (Å²) < 4.78 is 5.19. The highest BCUT2D eigenvalue weighted by atomic mass is 35.5. The van der Waals surface area contributed by atoms with Crippen LogP contribution >= 0.6 is 11.6 Å². The molecule has 0 unspecified atom stereocenters. The molecule has 0 aromatic heterocycles. The number of carbonyl (C=O) groups is 1. The van der Waals surface area contributed by atoms with Gasteiger partial charge in [0.1, 0.15) is 5.75 Å². The van der Waals surface area contributed by atoms with Crippen LogP contribution in [0.2, 0.25) is 5.02 Å². The van der Waals surface area contributed by atoms with Crippen LogP contribution in [0, 0.1) is 0 Å². The summed E-state index contributed by atoms with van der Waals surface area (Å²) in [5, 5.41) is 3.67. The molecular formula is C18H18ClNO2. The first-order valence-corrected chi connectivity index (χ1v) is 7.69. The number of methoxy groups -OCH3 is 1. The molecule has 2 aromatic carbocycles. The second kappa shape index (κ2) is 6.01. The standard InChI is InChI=1S/C18H18ClNO2/c1-22-16-8-4-14(5-9-16)18(10-11-18)12-20-17(21)13-2-6-15(19)7-3-13/h2-9H,10-12H2,1H3,(H,20,21). The van der Waals surface area contributed by atoms with E-state index in [0.717, 1.165) is 18.6 Å². The summed E-state index contributed by atoms with van der Waals surface area (Å²) in [6.07, 6.45) is 2.19. The van der Waals surface area contributed by atoms with Crippen LogP contribution in [0.4, 0.5) is 0 Å². The summed E-state index contributed by atoms with van der Waals surface area (Å²) in [4.78, 5) is 12.2. The van der Waals surface area contributed by atoms with Gasteiger partial charge in [-0.05, 0) is 54.8 Å². The molecule has 1 N–H and O–H groups in total. The maximum absolute atomic E-state index is 12.2. The van der Waals surface area contributed by atoms with Crippen LogP contribution < -0.4 is 10.1 Å². The molecule has 3 nitrogen and oxygen atoms in total. The van der Waals surface area contributed by atoms with Crippen molar-refractivity contribution in [3.63, 3.8) is 0 Å². The molecule has 3 rings (SSSR count). The van der Waals surface area contributed by atoms with Gasteiger partial charge in [0.05, 0.1) is 7.11 Å². The lowest BCUT2D eigenvalue weighted by atomic mass is 9.95. The van der Waals surface area contributed by atoms with E-state index in [1.54, 1.807) is 31.4 Å². The molecule has 4 heteroatoms. The van der Waals surface area contributed by atoms with E-state index in [1.807, 2.05) is 12.1 Å². The molecular weight excluding hydrogens is 298 g/mol. The van der Waals surface area contributed by atoms with Crippen molar-refractivity contribution in [2.75, 3.05) is 13.7 Å². The van der Waals surface area contributed by atoms with E-state index in [1.165, 1.54) is 5.56 Å². The molecule has 114 valence electrons. The molecule has 2 aromatic rings. The van der Waals surface area contributed by atoms with Crippen LogP contribution in [0.5, 0.6) is 5.75 Å². The summed E-state index contributed by atoms with van der Waals surface area (Å²) in [7, 11) is 1.66. The Morgan fingerprint density at radius 2 is 1.77 bits per heavy atom. The summed E-state index contributed by atoms with van der Waals surface area (Å²) in [5.74, 6) is 0.793. The highest BCUT2D eigenvalue weighted by Crippen LogP contribution is 2.47. The number of hydrogen-bond donors (Lipinski definition) is 1. The Hall–Kier alpha value is -2.00. The molecule has 0 heterocycles. The Bertz CT molecular complexity index is 660. The summed E-state index contributed by atoms with van der Waals surface area (Å²) in [6.45, 7) is 0.654. The van der Waals surface area contributed by atoms with Crippen molar-refractivity contribution in [3.8, 4) is 5.75 Å². The minimum absolute atomic E-state index is 0.0588. The van der Waals surface area contributed by atoms with Crippen molar-refractivity contribution in [2.45, 2.75) is 18.3 Å². The zero-order valence-electron chi connectivity index (χ0n) is 12.4. The molecule has 22 heavy (non-hydrogen) atoms. The maximum Gasteiger partial charge on any atom is 0.251 e. The average Bonchev–Trinajstić information content (AvgIpc) is 3.34. The minimum Gasteiger partial charge on any atom is -0.497 e. The lowest BCUT2D eigenvalue weighted by Gasteiger charge is -2.17. The zero-order chi connectivity index (χ0) is 15.6. The zero-order valence-corrected chi connectivity index (χ0v) is 13.2. The Kier molecular flexibility index (Phi) is 4.08. The van der Waals surface area contributed by atoms with Gasteiger partial charge in [0.15, 0.2) is 0 Å². The monoisotopic (exact) mass is 315 g/mol. The fourth-order valence-corrected chi connectivity index (χ4v) is 2.74. The van der Waals surface area contributed by atoms with E-state index < -0.39 is 0 Å². The summed E-state index contributed by atoms with van der Waals surface area (Å²) in [6, 6.07) is 15.0. The molecule has 0 bridgehead atoms. The van der Waals surface area contributed by atoms with Gasteiger partial charge in [0, 0.05) is 22.5 Å². The fourth-order valence-electron chi connectivity index (χ4n) is 2.62. The number of amides is 1. The number of carbonyl (C=O) groups excluding carboxylic acids is 1. The molecule has 0 saturated heterocycles. The number of hydrogen-bond acceptors (Lipinski definition) is 2. The van der Waals surface area contributed by atoms with Gasteiger partial charge in [-0.3, -0.25) is 4.79 Å². The largest absolute Gasteiger partial charge is 0.497 e. The van der Waals surface area contributed by atoms with Gasteiger partial charge in [0.25, 0.3) is 5.91 Å².